The van der Waals surface area contributed by atoms with Crippen LogP contribution in [0.5, 0.6) is 0 Å². The Kier molecular flexibility index (Phi) is 4.78. The van der Waals surface area contributed by atoms with E-state index in [-0.39, 0.29) is 17.4 Å². The molecule has 1 aromatic carbocycles. The average molecular weight is 279 g/mol. The molecule has 112 valence electrons. The smallest absolute Gasteiger partial charge is 0.128 e. The van der Waals surface area contributed by atoms with E-state index in [2.05, 4.69) is 24.2 Å². The molecule has 0 aromatic heterocycles. The van der Waals surface area contributed by atoms with Gasteiger partial charge in [0.1, 0.15) is 5.82 Å². The number of hydrogen-bond donors (Lipinski definition) is 2. The van der Waals surface area contributed by atoms with Gasteiger partial charge in [-0.05, 0) is 52.8 Å². The van der Waals surface area contributed by atoms with Gasteiger partial charge >= 0.3 is 0 Å². The lowest BCUT2D eigenvalue weighted by atomic mass is 9.85. The third-order valence-corrected chi connectivity index (χ3v) is 4.51. The summed E-state index contributed by atoms with van der Waals surface area (Å²) in [5, 5.41) is 0. The van der Waals surface area contributed by atoms with Crippen molar-refractivity contribution in [1.29, 1.82) is 0 Å². The van der Waals surface area contributed by atoms with E-state index >= 15 is 0 Å². The van der Waals surface area contributed by atoms with Crippen molar-refractivity contribution in [2.24, 2.45) is 5.84 Å². The summed E-state index contributed by atoms with van der Waals surface area (Å²) in [4.78, 5) is 2.42. The maximum Gasteiger partial charge on any atom is 0.128 e. The van der Waals surface area contributed by atoms with Crippen LogP contribution in [-0.2, 0) is 0 Å². The number of aryl methyl sites for hydroxylation is 1. The van der Waals surface area contributed by atoms with E-state index in [9.17, 15) is 4.39 Å². The minimum atomic E-state index is -0.222. The number of hydrogen-bond acceptors (Lipinski definition) is 3. The summed E-state index contributed by atoms with van der Waals surface area (Å²) in [6.07, 6.45) is 3.69. The highest BCUT2D eigenvalue weighted by Crippen LogP contribution is 2.34. The van der Waals surface area contributed by atoms with Crippen molar-refractivity contribution < 1.29 is 4.39 Å². The fourth-order valence-electron chi connectivity index (χ4n) is 3.21. The van der Waals surface area contributed by atoms with Crippen LogP contribution in [0.3, 0.4) is 0 Å². The first-order chi connectivity index (χ1) is 9.46. The molecule has 0 bridgehead atoms. The van der Waals surface area contributed by atoms with E-state index in [1.807, 2.05) is 13.0 Å². The number of piperidine rings is 1. The van der Waals surface area contributed by atoms with E-state index in [0.717, 1.165) is 18.7 Å². The number of nitrogens with zero attached hydrogens (tertiary/aromatic N) is 1. The van der Waals surface area contributed by atoms with Gasteiger partial charge in [0.15, 0.2) is 0 Å². The predicted molar refractivity (Wildman–Crippen MR) is 80.7 cm³/mol. The predicted octanol–water partition coefficient (Wildman–Crippen LogP) is 2.90. The Labute approximate surface area is 121 Å². The number of hydrazine groups is 1. The van der Waals surface area contributed by atoms with Crippen molar-refractivity contribution in [3.63, 3.8) is 0 Å². The van der Waals surface area contributed by atoms with Crippen molar-refractivity contribution in [3.05, 3.63) is 35.1 Å². The fourth-order valence-corrected chi connectivity index (χ4v) is 3.21. The first-order valence-electron chi connectivity index (χ1n) is 7.44. The monoisotopic (exact) mass is 279 g/mol. The van der Waals surface area contributed by atoms with Crippen molar-refractivity contribution in [3.8, 4) is 0 Å². The van der Waals surface area contributed by atoms with Crippen molar-refractivity contribution >= 4 is 0 Å². The molecule has 3 nitrogen and oxygen atoms in total. The number of benzene rings is 1. The Bertz CT molecular complexity index is 453. The number of rotatable bonds is 4. The summed E-state index contributed by atoms with van der Waals surface area (Å²) in [6.45, 7) is 8.37. The molecular weight excluding hydrogens is 253 g/mol. The highest BCUT2D eigenvalue weighted by Gasteiger charge is 2.37. The summed E-state index contributed by atoms with van der Waals surface area (Å²) >= 11 is 0. The zero-order valence-corrected chi connectivity index (χ0v) is 12.7. The average Bonchev–Trinajstić information content (AvgIpc) is 2.44. The number of nitrogens with two attached hydrogens (primary N) is 1. The summed E-state index contributed by atoms with van der Waals surface area (Å²) < 4.78 is 14.2. The summed E-state index contributed by atoms with van der Waals surface area (Å²) in [5.74, 6) is 5.58. The van der Waals surface area contributed by atoms with Gasteiger partial charge < -0.3 is 0 Å². The highest BCUT2D eigenvalue weighted by molar-refractivity contribution is 5.29. The minimum absolute atomic E-state index is 0.191. The lowest BCUT2D eigenvalue weighted by Crippen LogP contribution is -2.55. The van der Waals surface area contributed by atoms with Gasteiger partial charge in [0.25, 0.3) is 0 Å². The van der Waals surface area contributed by atoms with Crippen LogP contribution in [0.15, 0.2) is 18.2 Å². The molecule has 1 aliphatic rings. The molecule has 1 heterocycles. The molecule has 1 aliphatic heterocycles. The lowest BCUT2D eigenvalue weighted by Gasteiger charge is -2.46. The molecule has 4 heteroatoms. The third-order valence-electron chi connectivity index (χ3n) is 4.51. The first-order valence-corrected chi connectivity index (χ1v) is 7.44. The molecule has 0 saturated carbocycles. The molecule has 1 unspecified atom stereocenters. The summed E-state index contributed by atoms with van der Waals surface area (Å²) in [7, 11) is 0. The van der Waals surface area contributed by atoms with Gasteiger partial charge in [-0.15, -0.1) is 0 Å². The molecule has 0 aliphatic carbocycles. The van der Waals surface area contributed by atoms with Crippen LogP contribution in [0.1, 0.15) is 50.3 Å². The molecule has 0 spiro atoms. The largest absolute Gasteiger partial charge is 0.296 e. The fraction of sp³-hybridized carbons (Fsp3) is 0.625. The van der Waals surface area contributed by atoms with Crippen molar-refractivity contribution in [2.45, 2.75) is 51.6 Å². The molecule has 20 heavy (non-hydrogen) atoms. The van der Waals surface area contributed by atoms with E-state index in [0.29, 0.717) is 5.56 Å². The maximum atomic E-state index is 14.2. The van der Waals surface area contributed by atoms with Gasteiger partial charge in [0.2, 0.25) is 0 Å². The molecule has 0 radical (unpaired) electrons. The molecule has 1 atom stereocenters. The third kappa shape index (κ3) is 3.03. The van der Waals surface area contributed by atoms with Crippen LogP contribution >= 0.6 is 0 Å². The van der Waals surface area contributed by atoms with E-state index in [4.69, 9.17) is 5.84 Å². The second kappa shape index (κ2) is 6.20. The van der Waals surface area contributed by atoms with E-state index in [1.54, 1.807) is 6.07 Å². The second-order valence-electron chi connectivity index (χ2n) is 6.33. The Morgan fingerprint density at radius 3 is 2.50 bits per heavy atom. The van der Waals surface area contributed by atoms with E-state index < -0.39 is 0 Å². The minimum Gasteiger partial charge on any atom is -0.296 e. The maximum absolute atomic E-state index is 14.2. The van der Waals surface area contributed by atoms with Gasteiger partial charge in [-0.2, -0.15) is 0 Å². The zero-order valence-electron chi connectivity index (χ0n) is 12.7. The standard InChI is InChI=1S/C16H26FN3/c1-12-7-8-14(17)13(11-12)15(19-18)16(2,3)20-9-5-4-6-10-20/h7-8,11,15,19H,4-6,9-10,18H2,1-3H3. The zero-order chi connectivity index (χ0) is 14.8. The molecule has 3 N–H and O–H groups in total. The summed E-state index contributed by atoms with van der Waals surface area (Å²) in [5.41, 5.74) is 4.33. The number of halogens is 1. The van der Waals surface area contributed by atoms with Crippen LogP contribution in [0.25, 0.3) is 0 Å². The highest BCUT2D eigenvalue weighted by atomic mass is 19.1. The van der Waals surface area contributed by atoms with Gasteiger partial charge in [0, 0.05) is 11.1 Å². The number of likely N-dealkylation sites (tertiary alicyclic amines) is 1. The Balaban J connectivity index is 2.32. The SMILES string of the molecule is Cc1ccc(F)c(C(NN)C(C)(C)N2CCCCC2)c1. The van der Waals surface area contributed by atoms with Gasteiger partial charge in [-0.3, -0.25) is 16.2 Å². The van der Waals surface area contributed by atoms with Gasteiger partial charge in [0.05, 0.1) is 6.04 Å². The molecule has 1 saturated heterocycles. The number of nitrogens with one attached hydrogen (secondary N) is 1. The molecule has 1 fully saturated rings. The van der Waals surface area contributed by atoms with Crippen LogP contribution in [0, 0.1) is 12.7 Å². The molecule has 2 rings (SSSR count). The topological polar surface area (TPSA) is 41.3 Å². The molecule has 0 amide bonds. The first kappa shape index (κ1) is 15.4. The normalized spacial score (nSPS) is 19.1. The van der Waals surface area contributed by atoms with Gasteiger partial charge in [-0.1, -0.05) is 24.1 Å². The lowest BCUT2D eigenvalue weighted by molar-refractivity contribution is 0.0596. The quantitative estimate of drug-likeness (QED) is 0.658. The van der Waals surface area contributed by atoms with Crippen LogP contribution in [0.2, 0.25) is 0 Å². The van der Waals surface area contributed by atoms with Gasteiger partial charge in [-0.25, -0.2) is 4.39 Å². The van der Waals surface area contributed by atoms with Crippen molar-refractivity contribution in [2.75, 3.05) is 13.1 Å². The molecule has 1 aromatic rings. The van der Waals surface area contributed by atoms with Crippen LogP contribution in [0.4, 0.5) is 4.39 Å². The van der Waals surface area contributed by atoms with E-state index in [1.165, 1.54) is 25.3 Å². The van der Waals surface area contributed by atoms with Crippen LogP contribution < -0.4 is 11.3 Å². The van der Waals surface area contributed by atoms with Crippen molar-refractivity contribution in [1.82, 2.24) is 10.3 Å². The second-order valence-corrected chi connectivity index (χ2v) is 6.33. The summed E-state index contributed by atoms with van der Waals surface area (Å²) in [6, 6.07) is 4.99. The molecular formula is C16H26FN3. The Morgan fingerprint density at radius 2 is 1.90 bits per heavy atom. The van der Waals surface area contributed by atoms with Crippen LogP contribution in [-0.4, -0.2) is 23.5 Å². The Hall–Kier alpha value is -0.970. The Morgan fingerprint density at radius 1 is 1.25 bits per heavy atom.